The zero-order valence-corrected chi connectivity index (χ0v) is 11.5. The Morgan fingerprint density at radius 2 is 2.00 bits per heavy atom. The fourth-order valence-electron chi connectivity index (χ4n) is 1.70. The molecule has 3 nitrogen and oxygen atoms in total. The third kappa shape index (κ3) is 5.20. The summed E-state index contributed by atoms with van der Waals surface area (Å²) in [6.45, 7) is 7.18. The molecule has 1 aromatic rings. The van der Waals surface area contributed by atoms with Crippen LogP contribution in [-0.4, -0.2) is 31.6 Å². The van der Waals surface area contributed by atoms with Crippen molar-refractivity contribution in [3.8, 4) is 11.8 Å². The van der Waals surface area contributed by atoms with Gasteiger partial charge in [0.15, 0.2) is 0 Å². The highest BCUT2D eigenvalue weighted by molar-refractivity contribution is 5.34. The predicted molar refractivity (Wildman–Crippen MR) is 73.6 cm³/mol. The number of ether oxygens (including phenoxy) is 1. The number of benzene rings is 1. The van der Waals surface area contributed by atoms with E-state index in [0.717, 1.165) is 24.8 Å². The van der Waals surface area contributed by atoms with Gasteiger partial charge >= 0.3 is 0 Å². The van der Waals surface area contributed by atoms with Crippen molar-refractivity contribution in [2.24, 2.45) is 5.92 Å². The molecule has 0 saturated heterocycles. The van der Waals surface area contributed by atoms with Crippen molar-refractivity contribution in [3.05, 3.63) is 29.8 Å². The van der Waals surface area contributed by atoms with Crippen LogP contribution in [0.15, 0.2) is 24.3 Å². The second-order valence-electron chi connectivity index (χ2n) is 4.76. The van der Waals surface area contributed by atoms with Crippen molar-refractivity contribution in [2.45, 2.75) is 20.3 Å². The average Bonchev–Trinajstić information content (AvgIpc) is 2.39. The number of hydrogen-bond acceptors (Lipinski definition) is 3. The third-order valence-corrected chi connectivity index (χ3v) is 3.05. The Balaban J connectivity index is 2.26. The molecule has 1 unspecified atom stereocenters. The van der Waals surface area contributed by atoms with Gasteiger partial charge in [-0.25, -0.2) is 0 Å². The first kappa shape index (κ1) is 14.5. The Morgan fingerprint density at radius 3 is 2.56 bits per heavy atom. The quantitative estimate of drug-likeness (QED) is 0.742. The molecular formula is C15H22N2O. The van der Waals surface area contributed by atoms with Crippen LogP contribution in [0.5, 0.6) is 5.75 Å². The van der Waals surface area contributed by atoms with Crippen LogP contribution in [0.3, 0.4) is 0 Å². The molecule has 0 amide bonds. The highest BCUT2D eigenvalue weighted by atomic mass is 16.5. The van der Waals surface area contributed by atoms with Crippen molar-refractivity contribution in [1.82, 2.24) is 4.90 Å². The summed E-state index contributed by atoms with van der Waals surface area (Å²) in [7, 11) is 2.12. The number of nitrogens with zero attached hydrogens (tertiary/aromatic N) is 2. The van der Waals surface area contributed by atoms with Crippen LogP contribution in [-0.2, 0) is 0 Å². The van der Waals surface area contributed by atoms with Gasteiger partial charge in [-0.15, -0.1) is 0 Å². The lowest BCUT2D eigenvalue weighted by Gasteiger charge is -2.20. The van der Waals surface area contributed by atoms with Gasteiger partial charge in [0.1, 0.15) is 12.4 Å². The van der Waals surface area contributed by atoms with Crippen molar-refractivity contribution in [1.29, 1.82) is 5.26 Å². The van der Waals surface area contributed by atoms with Crippen molar-refractivity contribution in [2.75, 3.05) is 26.7 Å². The van der Waals surface area contributed by atoms with Gasteiger partial charge in [0.25, 0.3) is 0 Å². The minimum Gasteiger partial charge on any atom is -0.492 e. The lowest BCUT2D eigenvalue weighted by atomic mass is 10.1. The molecule has 0 aromatic heterocycles. The Bertz CT molecular complexity index is 380. The van der Waals surface area contributed by atoms with E-state index in [0.29, 0.717) is 12.2 Å². The van der Waals surface area contributed by atoms with Gasteiger partial charge in [0.2, 0.25) is 0 Å². The number of rotatable bonds is 7. The minimum absolute atomic E-state index is 0.663. The normalized spacial score (nSPS) is 12.2. The van der Waals surface area contributed by atoms with E-state index >= 15 is 0 Å². The van der Waals surface area contributed by atoms with Gasteiger partial charge in [-0.2, -0.15) is 5.26 Å². The lowest BCUT2D eigenvalue weighted by Crippen LogP contribution is -2.28. The largest absolute Gasteiger partial charge is 0.492 e. The van der Waals surface area contributed by atoms with E-state index in [-0.39, 0.29) is 0 Å². The Morgan fingerprint density at radius 1 is 1.33 bits per heavy atom. The van der Waals surface area contributed by atoms with E-state index in [1.807, 2.05) is 12.1 Å². The SMILES string of the molecule is CCC(C)CN(C)CCOc1ccc(C#N)cc1. The van der Waals surface area contributed by atoms with E-state index in [1.165, 1.54) is 6.42 Å². The minimum atomic E-state index is 0.663. The molecule has 0 spiro atoms. The zero-order valence-electron chi connectivity index (χ0n) is 11.5. The van der Waals surface area contributed by atoms with Gasteiger partial charge in [-0.1, -0.05) is 20.3 Å². The maximum atomic E-state index is 8.69. The summed E-state index contributed by atoms with van der Waals surface area (Å²) in [5.74, 6) is 1.55. The average molecular weight is 246 g/mol. The van der Waals surface area contributed by atoms with Crippen molar-refractivity contribution >= 4 is 0 Å². The highest BCUT2D eigenvalue weighted by Crippen LogP contribution is 2.11. The Kier molecular flexibility index (Phi) is 6.24. The van der Waals surface area contributed by atoms with Gasteiger partial charge in [-0.3, -0.25) is 0 Å². The molecule has 1 rings (SSSR count). The topological polar surface area (TPSA) is 36.3 Å². The van der Waals surface area contributed by atoms with Crippen LogP contribution in [0.2, 0.25) is 0 Å². The zero-order chi connectivity index (χ0) is 13.4. The number of likely N-dealkylation sites (N-methyl/N-ethyl adjacent to an activating group) is 1. The molecule has 0 aliphatic carbocycles. The Labute approximate surface area is 110 Å². The molecule has 0 N–H and O–H groups in total. The fourth-order valence-corrected chi connectivity index (χ4v) is 1.70. The van der Waals surface area contributed by atoms with Crippen molar-refractivity contribution in [3.63, 3.8) is 0 Å². The summed E-state index contributed by atoms with van der Waals surface area (Å²) >= 11 is 0. The van der Waals surface area contributed by atoms with Crippen molar-refractivity contribution < 1.29 is 4.74 Å². The number of hydrogen-bond donors (Lipinski definition) is 0. The smallest absolute Gasteiger partial charge is 0.119 e. The van der Waals surface area contributed by atoms with Crippen LogP contribution in [0.4, 0.5) is 0 Å². The van der Waals surface area contributed by atoms with Crippen LogP contribution in [0, 0.1) is 17.2 Å². The van der Waals surface area contributed by atoms with Gasteiger partial charge in [0.05, 0.1) is 11.6 Å². The molecule has 0 fully saturated rings. The molecule has 0 aliphatic heterocycles. The van der Waals surface area contributed by atoms with E-state index in [2.05, 4.69) is 31.9 Å². The molecule has 1 aromatic carbocycles. The predicted octanol–water partition coefficient (Wildman–Crippen LogP) is 2.91. The summed E-state index contributed by atoms with van der Waals surface area (Å²) in [6, 6.07) is 9.33. The second-order valence-corrected chi connectivity index (χ2v) is 4.76. The molecule has 0 saturated carbocycles. The van der Waals surface area contributed by atoms with E-state index in [4.69, 9.17) is 10.00 Å². The molecule has 1 atom stereocenters. The third-order valence-electron chi connectivity index (χ3n) is 3.05. The van der Waals surface area contributed by atoms with Gasteiger partial charge in [-0.05, 0) is 37.2 Å². The fraction of sp³-hybridized carbons (Fsp3) is 0.533. The highest BCUT2D eigenvalue weighted by Gasteiger charge is 2.04. The maximum absolute atomic E-state index is 8.69. The molecular weight excluding hydrogens is 224 g/mol. The van der Waals surface area contributed by atoms with E-state index in [9.17, 15) is 0 Å². The molecule has 98 valence electrons. The first-order valence-electron chi connectivity index (χ1n) is 6.47. The summed E-state index contributed by atoms with van der Waals surface area (Å²) in [4.78, 5) is 2.29. The lowest BCUT2D eigenvalue weighted by molar-refractivity contribution is 0.217. The first-order valence-corrected chi connectivity index (χ1v) is 6.47. The maximum Gasteiger partial charge on any atom is 0.119 e. The summed E-state index contributed by atoms with van der Waals surface area (Å²) in [5.41, 5.74) is 0.663. The van der Waals surface area contributed by atoms with Gasteiger partial charge < -0.3 is 9.64 Å². The molecule has 0 aliphatic rings. The second kappa shape index (κ2) is 7.73. The molecule has 0 bridgehead atoms. The van der Waals surface area contributed by atoms with Crippen LogP contribution in [0.1, 0.15) is 25.8 Å². The molecule has 0 radical (unpaired) electrons. The molecule has 0 heterocycles. The van der Waals surface area contributed by atoms with E-state index in [1.54, 1.807) is 12.1 Å². The first-order chi connectivity index (χ1) is 8.65. The molecule has 3 heteroatoms. The standard InChI is InChI=1S/C15H22N2O/c1-4-13(2)12-17(3)9-10-18-15-7-5-14(11-16)6-8-15/h5-8,13H,4,9-10,12H2,1-3H3. The summed E-state index contributed by atoms with van der Waals surface area (Å²) in [5, 5.41) is 8.69. The summed E-state index contributed by atoms with van der Waals surface area (Å²) < 4.78 is 5.64. The van der Waals surface area contributed by atoms with E-state index < -0.39 is 0 Å². The van der Waals surface area contributed by atoms with Crippen LogP contribution in [0.25, 0.3) is 0 Å². The Hall–Kier alpha value is -1.53. The summed E-state index contributed by atoms with van der Waals surface area (Å²) in [6.07, 6.45) is 1.21. The van der Waals surface area contributed by atoms with Crippen LogP contribution >= 0.6 is 0 Å². The number of nitriles is 1. The molecule has 18 heavy (non-hydrogen) atoms. The van der Waals surface area contributed by atoms with Crippen LogP contribution < -0.4 is 4.74 Å². The monoisotopic (exact) mass is 246 g/mol. The van der Waals surface area contributed by atoms with Gasteiger partial charge in [0, 0.05) is 13.1 Å².